The highest BCUT2D eigenvalue weighted by Crippen LogP contribution is 2.27. The van der Waals surface area contributed by atoms with Crippen LogP contribution in [0.2, 0.25) is 26.2 Å². The van der Waals surface area contributed by atoms with Crippen molar-refractivity contribution in [2.45, 2.75) is 51.9 Å². The third-order valence-corrected chi connectivity index (χ3v) is 11.6. The molecule has 0 unspecified atom stereocenters. The zero-order valence-electron chi connectivity index (χ0n) is 17.9. The Morgan fingerprint density at radius 2 is 0.929 bits per heavy atom. The van der Waals surface area contributed by atoms with E-state index in [9.17, 15) is 0 Å². The Balaban J connectivity index is 1.84. The van der Waals surface area contributed by atoms with Gasteiger partial charge in [-0.05, 0) is 36.8 Å². The van der Waals surface area contributed by atoms with Crippen LogP contribution in [0.3, 0.4) is 0 Å². The molecule has 0 heterocycles. The van der Waals surface area contributed by atoms with Crippen LogP contribution < -0.4 is 10.4 Å². The van der Waals surface area contributed by atoms with Crippen LogP contribution in [0.5, 0.6) is 0 Å². The Morgan fingerprint density at radius 3 is 1.29 bits per heavy atom. The number of allylic oxidation sites excluding steroid dienone is 4. The molecular weight excluding hydrogens is 368 g/mol. The van der Waals surface area contributed by atoms with E-state index >= 15 is 0 Å². The molecule has 2 aromatic carbocycles. The van der Waals surface area contributed by atoms with Crippen molar-refractivity contribution in [1.29, 1.82) is 0 Å². The number of rotatable bonds is 6. The summed E-state index contributed by atoms with van der Waals surface area (Å²) in [4.78, 5) is 0. The van der Waals surface area contributed by atoms with Gasteiger partial charge in [-0.25, -0.2) is 0 Å². The Kier molecular flexibility index (Phi) is 6.74. The first-order valence-corrected chi connectivity index (χ1v) is 16.8. The van der Waals surface area contributed by atoms with E-state index < -0.39 is 16.1 Å². The third-order valence-electron chi connectivity index (χ3n) is 5.99. The lowest BCUT2D eigenvalue weighted by Crippen LogP contribution is -2.39. The molecule has 0 bridgehead atoms. The quantitative estimate of drug-likeness (QED) is 0.499. The maximum absolute atomic E-state index is 2.54. The molecule has 0 N–H and O–H groups in total. The van der Waals surface area contributed by atoms with Crippen molar-refractivity contribution in [3.63, 3.8) is 0 Å². The van der Waals surface area contributed by atoms with Crippen molar-refractivity contribution in [3.8, 4) is 0 Å². The van der Waals surface area contributed by atoms with E-state index in [0.29, 0.717) is 0 Å². The second-order valence-corrected chi connectivity index (χ2v) is 17.8. The molecule has 0 aromatic heterocycles. The van der Waals surface area contributed by atoms with Gasteiger partial charge < -0.3 is 0 Å². The third kappa shape index (κ3) is 5.33. The summed E-state index contributed by atoms with van der Waals surface area (Å²) in [7, 11) is -3.07. The summed E-state index contributed by atoms with van der Waals surface area (Å²) in [5, 5.41) is 3.02. The minimum atomic E-state index is -1.54. The lowest BCUT2D eigenvalue weighted by Gasteiger charge is -2.22. The van der Waals surface area contributed by atoms with Crippen molar-refractivity contribution in [2.24, 2.45) is 0 Å². The van der Waals surface area contributed by atoms with Gasteiger partial charge in [0, 0.05) is 0 Å². The smallest absolute Gasteiger partial charge is 0.0900 e. The Hall–Kier alpha value is -1.91. The van der Waals surface area contributed by atoms with Crippen LogP contribution in [0.15, 0.2) is 95.4 Å². The van der Waals surface area contributed by atoms with Crippen molar-refractivity contribution < 1.29 is 0 Å². The van der Waals surface area contributed by atoms with Crippen LogP contribution in [-0.4, -0.2) is 16.1 Å². The van der Waals surface area contributed by atoms with Crippen molar-refractivity contribution >= 4 is 26.5 Å². The minimum Gasteiger partial charge on any atom is -0.0900 e. The molecule has 2 aromatic rings. The highest BCUT2D eigenvalue weighted by Gasteiger charge is 2.21. The van der Waals surface area contributed by atoms with Crippen molar-refractivity contribution in [3.05, 3.63) is 95.4 Å². The largest absolute Gasteiger partial charge is 0.104 e. The predicted molar refractivity (Wildman–Crippen MR) is 131 cm³/mol. The molecule has 0 aliphatic heterocycles. The van der Waals surface area contributed by atoms with Gasteiger partial charge >= 0.3 is 0 Å². The summed E-state index contributed by atoms with van der Waals surface area (Å²) in [5.41, 5.74) is 8.21. The second kappa shape index (κ2) is 9.06. The lowest BCUT2D eigenvalue weighted by atomic mass is 9.92. The molecule has 3 rings (SSSR count). The fourth-order valence-electron chi connectivity index (χ4n) is 3.88. The first kappa shape index (κ1) is 20.8. The number of hydrogen-bond acceptors (Lipinski definition) is 0. The van der Waals surface area contributed by atoms with E-state index in [4.69, 9.17) is 0 Å². The van der Waals surface area contributed by atoms with Gasteiger partial charge in [-0.1, -0.05) is 121 Å². The summed E-state index contributed by atoms with van der Waals surface area (Å²) < 4.78 is 0. The molecular formula is C26H34Si2. The fourth-order valence-corrected chi connectivity index (χ4v) is 7.60. The van der Waals surface area contributed by atoms with Crippen molar-refractivity contribution in [1.82, 2.24) is 0 Å². The molecule has 1 aliphatic rings. The van der Waals surface area contributed by atoms with Gasteiger partial charge in [-0.2, -0.15) is 0 Å². The summed E-state index contributed by atoms with van der Waals surface area (Å²) in [6.07, 6.45) is 10.0. The Labute approximate surface area is 173 Å². The highest BCUT2D eigenvalue weighted by molar-refractivity contribution is 6.94. The van der Waals surface area contributed by atoms with Gasteiger partial charge in [0.25, 0.3) is 0 Å². The van der Waals surface area contributed by atoms with E-state index in [-0.39, 0.29) is 0 Å². The summed E-state index contributed by atoms with van der Waals surface area (Å²) in [6, 6.07) is 22.1. The van der Waals surface area contributed by atoms with Crippen LogP contribution >= 0.6 is 0 Å². The molecule has 0 radical (unpaired) electrons. The van der Waals surface area contributed by atoms with Crippen molar-refractivity contribution in [2.75, 3.05) is 0 Å². The Bertz CT molecular complexity index is 782. The monoisotopic (exact) mass is 402 g/mol. The number of benzene rings is 2. The molecule has 146 valence electrons. The van der Waals surface area contributed by atoms with Crippen LogP contribution in [0.4, 0.5) is 0 Å². The molecule has 28 heavy (non-hydrogen) atoms. The Morgan fingerprint density at radius 1 is 0.571 bits per heavy atom. The standard InChI is InChI=1S/C26H34Si2/c1-27(2,25-15-7-5-8-16-25)21-19-23-13-11-12-14-24(23)20-22-28(3,4)26-17-9-6-10-18-26/h5-10,15-22H,11-14H2,1-4H3/b21-19+,22-20+. The van der Waals surface area contributed by atoms with Gasteiger partial charge in [0.15, 0.2) is 0 Å². The average molecular weight is 403 g/mol. The molecule has 0 fully saturated rings. The molecule has 0 amide bonds. The molecule has 2 heteroatoms. The minimum absolute atomic E-state index is 1.22. The summed E-state index contributed by atoms with van der Waals surface area (Å²) in [5.74, 6) is 0. The topological polar surface area (TPSA) is 0 Å². The molecule has 0 nitrogen and oxygen atoms in total. The molecule has 0 saturated heterocycles. The van der Waals surface area contributed by atoms with Gasteiger partial charge in [0.05, 0.1) is 0 Å². The molecule has 0 spiro atoms. The maximum Gasteiger partial charge on any atom is 0.104 e. The van der Waals surface area contributed by atoms with E-state index in [1.165, 1.54) is 36.1 Å². The lowest BCUT2D eigenvalue weighted by molar-refractivity contribution is 0.693. The first-order valence-electron chi connectivity index (χ1n) is 10.6. The molecule has 0 atom stereocenters. The van der Waals surface area contributed by atoms with E-state index in [1.54, 1.807) is 11.1 Å². The predicted octanol–water partition coefficient (Wildman–Crippen LogP) is 6.28. The average Bonchev–Trinajstić information content (AvgIpc) is 2.73. The van der Waals surface area contributed by atoms with Crippen LogP contribution in [0, 0.1) is 0 Å². The summed E-state index contributed by atoms with van der Waals surface area (Å²) >= 11 is 0. The summed E-state index contributed by atoms with van der Waals surface area (Å²) in [6.45, 7) is 9.79. The number of hydrogen-bond donors (Lipinski definition) is 0. The second-order valence-electron chi connectivity index (χ2n) is 9.10. The van der Waals surface area contributed by atoms with E-state index in [0.717, 1.165) is 0 Å². The van der Waals surface area contributed by atoms with E-state index in [2.05, 4.69) is 110 Å². The zero-order valence-corrected chi connectivity index (χ0v) is 19.9. The van der Waals surface area contributed by atoms with E-state index in [1.807, 2.05) is 0 Å². The maximum atomic E-state index is 2.54. The van der Waals surface area contributed by atoms with Crippen LogP contribution in [-0.2, 0) is 0 Å². The van der Waals surface area contributed by atoms with Crippen LogP contribution in [0.25, 0.3) is 0 Å². The molecule has 0 saturated carbocycles. The first-order chi connectivity index (χ1) is 13.4. The highest BCUT2D eigenvalue weighted by atomic mass is 28.3. The molecule has 1 aliphatic carbocycles. The van der Waals surface area contributed by atoms with Gasteiger partial charge in [0.2, 0.25) is 0 Å². The van der Waals surface area contributed by atoms with Gasteiger partial charge in [0.1, 0.15) is 16.1 Å². The van der Waals surface area contributed by atoms with Gasteiger partial charge in [-0.3, -0.25) is 0 Å². The van der Waals surface area contributed by atoms with Gasteiger partial charge in [-0.15, -0.1) is 0 Å². The van der Waals surface area contributed by atoms with Crippen LogP contribution in [0.1, 0.15) is 25.7 Å². The SMILES string of the molecule is C[Si](C)(/C=C/C1=C(/C=C/[Si](C)(C)c2ccccc2)CCCC1)c1ccccc1. The fraction of sp³-hybridized carbons (Fsp3) is 0.308. The normalized spacial score (nSPS) is 16.3. The zero-order chi connectivity index (χ0) is 20.0.